The highest BCUT2D eigenvalue weighted by molar-refractivity contribution is 7.64. The van der Waals surface area contributed by atoms with Gasteiger partial charge in [-0.05, 0) is 92.3 Å². The third-order valence-electron chi connectivity index (χ3n) is 10.1. The zero-order valence-corrected chi connectivity index (χ0v) is 22.9. The van der Waals surface area contributed by atoms with Gasteiger partial charge in [-0.25, -0.2) is 0 Å². The zero-order chi connectivity index (χ0) is 21.8. The van der Waals surface area contributed by atoms with Gasteiger partial charge in [0.15, 0.2) is 0 Å². The first-order valence-electron chi connectivity index (χ1n) is 14.7. The Kier molecular flexibility index (Phi) is 8.56. The van der Waals surface area contributed by atoms with Crippen LogP contribution in [-0.4, -0.2) is 28.8 Å². The predicted molar refractivity (Wildman–Crippen MR) is 147 cm³/mol. The summed E-state index contributed by atoms with van der Waals surface area (Å²) in [4.78, 5) is 0. The van der Waals surface area contributed by atoms with E-state index in [-0.39, 0.29) is 15.8 Å². The van der Waals surface area contributed by atoms with Crippen molar-refractivity contribution >= 4 is 15.8 Å². The summed E-state index contributed by atoms with van der Waals surface area (Å²) in [5, 5.41) is 2.67. The molecule has 4 saturated carbocycles. The predicted octanol–water partition coefficient (Wildman–Crippen LogP) is 10.5. The van der Waals surface area contributed by atoms with Crippen LogP contribution in [0.15, 0.2) is 23.0 Å². The summed E-state index contributed by atoms with van der Waals surface area (Å²) < 4.78 is 0. The van der Waals surface area contributed by atoms with Crippen molar-refractivity contribution in [2.75, 3.05) is 6.66 Å². The van der Waals surface area contributed by atoms with Crippen molar-refractivity contribution in [1.82, 2.24) is 0 Å². The molecule has 4 fully saturated rings. The summed E-state index contributed by atoms with van der Waals surface area (Å²) in [7, 11) is 0.194. The number of hydrogen-bond acceptors (Lipinski definition) is 0. The molecule has 0 saturated heterocycles. The molecular formula is C30H50P2. The van der Waals surface area contributed by atoms with E-state index in [1.807, 2.05) is 5.57 Å². The van der Waals surface area contributed by atoms with E-state index in [1.54, 1.807) is 38.5 Å². The Hall–Kier alpha value is 0.340. The zero-order valence-electron chi connectivity index (χ0n) is 21.1. The van der Waals surface area contributed by atoms with Crippen LogP contribution in [0, 0.1) is 0 Å². The van der Waals surface area contributed by atoms with E-state index in [1.165, 1.54) is 96.3 Å². The van der Waals surface area contributed by atoms with Gasteiger partial charge in [0.1, 0.15) is 0 Å². The molecule has 2 heteroatoms. The summed E-state index contributed by atoms with van der Waals surface area (Å²) in [6.45, 7) is 2.79. The van der Waals surface area contributed by atoms with Crippen molar-refractivity contribution in [2.24, 2.45) is 0 Å². The smallest absolute Gasteiger partial charge is 0.0158 e. The molecule has 32 heavy (non-hydrogen) atoms. The molecule has 0 aromatic carbocycles. The van der Waals surface area contributed by atoms with Crippen molar-refractivity contribution in [3.63, 3.8) is 0 Å². The van der Waals surface area contributed by atoms with Crippen LogP contribution in [0.3, 0.4) is 0 Å². The fourth-order valence-electron chi connectivity index (χ4n) is 8.39. The van der Waals surface area contributed by atoms with Crippen LogP contribution in [-0.2, 0) is 0 Å². The second kappa shape index (κ2) is 11.4. The minimum atomic E-state index is 0.0912. The van der Waals surface area contributed by atoms with E-state index >= 15 is 0 Å². The van der Waals surface area contributed by atoms with E-state index in [2.05, 4.69) is 24.1 Å². The van der Waals surface area contributed by atoms with Crippen molar-refractivity contribution < 1.29 is 0 Å². The first-order valence-corrected chi connectivity index (χ1v) is 18.0. The highest BCUT2D eigenvalue weighted by Crippen LogP contribution is 2.70. The summed E-state index contributed by atoms with van der Waals surface area (Å²) >= 11 is 0. The van der Waals surface area contributed by atoms with Crippen LogP contribution >= 0.6 is 15.8 Å². The van der Waals surface area contributed by atoms with Gasteiger partial charge in [-0.2, -0.15) is 0 Å². The normalized spacial score (nSPS) is 29.7. The molecule has 5 aliphatic rings. The van der Waals surface area contributed by atoms with Crippen LogP contribution in [0.2, 0.25) is 0 Å². The van der Waals surface area contributed by atoms with Crippen LogP contribution in [0.25, 0.3) is 0 Å². The molecule has 0 aliphatic heterocycles. The highest BCUT2D eigenvalue weighted by Gasteiger charge is 2.46. The maximum atomic E-state index is 2.79. The molecular weight excluding hydrogens is 422 g/mol. The third kappa shape index (κ3) is 4.99. The van der Waals surface area contributed by atoms with E-state index in [9.17, 15) is 0 Å². The van der Waals surface area contributed by atoms with Crippen LogP contribution < -0.4 is 0 Å². The summed E-state index contributed by atoms with van der Waals surface area (Å²) in [5.74, 6) is 0. The Morgan fingerprint density at radius 2 is 1.09 bits per heavy atom. The van der Waals surface area contributed by atoms with E-state index in [0.29, 0.717) is 5.16 Å². The molecule has 1 unspecified atom stereocenters. The van der Waals surface area contributed by atoms with Crippen molar-refractivity contribution in [3.8, 4) is 0 Å². The molecule has 180 valence electrons. The van der Waals surface area contributed by atoms with Crippen LogP contribution in [0.4, 0.5) is 0 Å². The van der Waals surface area contributed by atoms with Gasteiger partial charge >= 0.3 is 0 Å². The summed E-state index contributed by atoms with van der Waals surface area (Å²) in [5.41, 5.74) is 5.20. The van der Waals surface area contributed by atoms with Gasteiger partial charge in [0.25, 0.3) is 0 Å². The van der Waals surface area contributed by atoms with Crippen molar-refractivity contribution in [3.05, 3.63) is 23.0 Å². The van der Waals surface area contributed by atoms with Gasteiger partial charge in [0.2, 0.25) is 0 Å². The maximum absolute atomic E-state index is 2.79. The molecule has 0 aromatic rings. The monoisotopic (exact) mass is 472 g/mol. The van der Waals surface area contributed by atoms with Crippen LogP contribution in [0.5, 0.6) is 0 Å². The second-order valence-electron chi connectivity index (χ2n) is 12.0. The highest BCUT2D eigenvalue weighted by atomic mass is 31.1. The van der Waals surface area contributed by atoms with Gasteiger partial charge in [0.05, 0.1) is 0 Å². The maximum Gasteiger partial charge on any atom is 0.0158 e. The van der Waals surface area contributed by atoms with Crippen molar-refractivity contribution in [2.45, 2.75) is 157 Å². The van der Waals surface area contributed by atoms with Gasteiger partial charge in [0, 0.05) is 5.16 Å². The molecule has 0 amide bonds. The molecule has 0 N–H and O–H groups in total. The number of allylic oxidation sites excluding steroid dienone is 4. The Balaban J connectivity index is 1.51. The molecule has 5 aliphatic carbocycles. The minimum Gasteiger partial charge on any atom is -0.0958 e. The van der Waals surface area contributed by atoms with Gasteiger partial charge < -0.3 is 0 Å². The Bertz CT molecular complexity index is 634. The first kappa shape index (κ1) is 24.1. The fraction of sp³-hybridized carbons (Fsp3) is 0.867. The average Bonchev–Trinajstić information content (AvgIpc) is 3.36. The Morgan fingerprint density at radius 3 is 1.62 bits per heavy atom. The SMILES string of the molecule is CP(C1CCCCC1)C1(C2=C(P(C3CCCCC3)C3CCCCC3)CC=C2)CCCCC1. The molecule has 0 radical (unpaired) electrons. The molecule has 5 rings (SSSR count). The Labute approximate surface area is 202 Å². The van der Waals surface area contributed by atoms with E-state index in [4.69, 9.17) is 0 Å². The molecule has 0 bridgehead atoms. The van der Waals surface area contributed by atoms with E-state index < -0.39 is 0 Å². The average molecular weight is 473 g/mol. The molecule has 0 aromatic heterocycles. The fourth-order valence-corrected chi connectivity index (χ4v) is 16.1. The van der Waals surface area contributed by atoms with E-state index in [0.717, 1.165) is 17.0 Å². The quantitative estimate of drug-likeness (QED) is 0.337. The summed E-state index contributed by atoms with van der Waals surface area (Å²) in [6.07, 6.45) is 37.4. The lowest BCUT2D eigenvalue weighted by atomic mass is 9.83. The van der Waals surface area contributed by atoms with Gasteiger partial charge in [-0.3, -0.25) is 0 Å². The summed E-state index contributed by atoms with van der Waals surface area (Å²) in [6, 6.07) is 0. The van der Waals surface area contributed by atoms with Gasteiger partial charge in [-0.15, -0.1) is 0 Å². The molecule has 0 nitrogen and oxygen atoms in total. The minimum absolute atomic E-state index is 0.0912. The second-order valence-corrected chi connectivity index (χ2v) is 17.6. The topological polar surface area (TPSA) is 0 Å². The van der Waals surface area contributed by atoms with Gasteiger partial charge in [-0.1, -0.05) is 105 Å². The number of rotatable bonds is 6. The van der Waals surface area contributed by atoms with Crippen molar-refractivity contribution in [1.29, 1.82) is 0 Å². The number of hydrogen-bond donors (Lipinski definition) is 0. The lowest BCUT2D eigenvalue weighted by Gasteiger charge is -2.49. The lowest BCUT2D eigenvalue weighted by Crippen LogP contribution is -2.36. The Morgan fingerprint density at radius 1 is 0.625 bits per heavy atom. The largest absolute Gasteiger partial charge is 0.0958 e. The lowest BCUT2D eigenvalue weighted by molar-refractivity contribution is 0.425. The standard InChI is InChI=1S/C30H50P2/c1-31(25-15-6-2-7-16-25)30(23-12-5-13-24-30)28-21-14-22-29(28)32(26-17-8-3-9-18-26)27-19-10-4-11-20-27/h14,21,25-27H,2-13,15-20,22-24H2,1H3. The first-order chi connectivity index (χ1) is 15.8. The third-order valence-corrected chi connectivity index (χ3v) is 17.4. The molecule has 0 heterocycles. The molecule has 1 atom stereocenters. The van der Waals surface area contributed by atoms with Crippen LogP contribution in [0.1, 0.15) is 135 Å². The molecule has 0 spiro atoms.